The quantitative estimate of drug-likeness (QED) is 0.831. The Bertz CT molecular complexity index is 397. The lowest BCUT2D eigenvalue weighted by Gasteiger charge is -2.15. The highest BCUT2D eigenvalue weighted by Gasteiger charge is 2.24. The molecule has 100 valence electrons. The molecule has 0 amide bonds. The monoisotopic (exact) mass is 287 g/mol. The molecule has 2 nitrogen and oxygen atoms in total. The molecule has 18 heavy (non-hydrogen) atoms. The predicted molar refractivity (Wildman–Crippen MR) is 76.7 cm³/mol. The number of rotatable bonds is 5. The number of alkyl halides is 1. The highest BCUT2D eigenvalue weighted by Crippen LogP contribution is 2.29. The maximum atomic E-state index is 6.26. The molecule has 2 rings (SSSR count). The third-order valence-corrected chi connectivity index (χ3v) is 4.34. The van der Waals surface area contributed by atoms with Crippen LogP contribution in [0.15, 0.2) is 18.2 Å². The Morgan fingerprint density at radius 3 is 2.89 bits per heavy atom. The van der Waals surface area contributed by atoms with Gasteiger partial charge in [-0.1, -0.05) is 18.0 Å². The van der Waals surface area contributed by atoms with Crippen molar-refractivity contribution >= 4 is 23.2 Å². The van der Waals surface area contributed by atoms with E-state index in [2.05, 4.69) is 5.32 Å². The van der Waals surface area contributed by atoms with Gasteiger partial charge in [0.2, 0.25) is 0 Å². The molecular weight excluding hydrogens is 269 g/mol. The van der Waals surface area contributed by atoms with Gasteiger partial charge in [0.25, 0.3) is 0 Å². The van der Waals surface area contributed by atoms with Gasteiger partial charge in [-0.05, 0) is 43.5 Å². The summed E-state index contributed by atoms with van der Waals surface area (Å²) in [6, 6.07) is 5.69. The molecule has 1 saturated carbocycles. The molecule has 0 aromatic heterocycles. The van der Waals surface area contributed by atoms with Gasteiger partial charge in [-0.2, -0.15) is 0 Å². The van der Waals surface area contributed by atoms with E-state index in [1.165, 1.54) is 12.8 Å². The van der Waals surface area contributed by atoms with E-state index < -0.39 is 0 Å². The molecule has 0 radical (unpaired) electrons. The minimum atomic E-state index is 0.332. The number of hydrogen-bond donors (Lipinski definition) is 1. The van der Waals surface area contributed by atoms with Crippen LogP contribution < -0.4 is 10.1 Å². The van der Waals surface area contributed by atoms with Crippen molar-refractivity contribution < 1.29 is 4.74 Å². The molecule has 1 aliphatic rings. The maximum Gasteiger partial charge on any atom is 0.123 e. The topological polar surface area (TPSA) is 21.3 Å². The standard InChI is InChI=1S/C14H19Cl2NO/c1-18-14-6-5-12(15)7-11(14)9-17-8-10-3-2-4-13(10)16/h5-7,10,13,17H,2-4,8-9H2,1H3. The van der Waals surface area contributed by atoms with Crippen LogP contribution in [0.1, 0.15) is 24.8 Å². The summed E-state index contributed by atoms with van der Waals surface area (Å²) in [5, 5.41) is 4.52. The Hall–Kier alpha value is -0.440. The molecule has 1 aromatic rings. The Kier molecular flexibility index (Phi) is 5.16. The smallest absolute Gasteiger partial charge is 0.123 e. The summed E-state index contributed by atoms with van der Waals surface area (Å²) in [6.45, 7) is 1.73. The number of halogens is 2. The molecule has 2 unspecified atom stereocenters. The second-order valence-electron chi connectivity index (χ2n) is 4.79. The van der Waals surface area contributed by atoms with Gasteiger partial charge in [0.1, 0.15) is 5.75 Å². The lowest BCUT2D eigenvalue weighted by Crippen LogP contribution is -2.25. The first-order chi connectivity index (χ1) is 8.70. The molecule has 1 aliphatic carbocycles. The van der Waals surface area contributed by atoms with Crippen molar-refractivity contribution in [2.24, 2.45) is 5.92 Å². The van der Waals surface area contributed by atoms with Gasteiger partial charge in [-0.15, -0.1) is 11.6 Å². The second-order valence-corrected chi connectivity index (χ2v) is 5.79. The summed E-state index contributed by atoms with van der Waals surface area (Å²) in [6.07, 6.45) is 3.63. The van der Waals surface area contributed by atoms with E-state index in [1.807, 2.05) is 18.2 Å². The summed E-state index contributed by atoms with van der Waals surface area (Å²) in [4.78, 5) is 0. The highest BCUT2D eigenvalue weighted by molar-refractivity contribution is 6.30. The van der Waals surface area contributed by atoms with Crippen LogP contribution in [0, 0.1) is 5.92 Å². The van der Waals surface area contributed by atoms with Crippen LogP contribution in [-0.2, 0) is 6.54 Å². The van der Waals surface area contributed by atoms with Crippen LogP contribution in [0.5, 0.6) is 5.75 Å². The van der Waals surface area contributed by atoms with Crippen LogP contribution in [0.4, 0.5) is 0 Å². The zero-order valence-corrected chi connectivity index (χ0v) is 12.1. The average Bonchev–Trinajstić information content (AvgIpc) is 2.76. The zero-order chi connectivity index (χ0) is 13.0. The van der Waals surface area contributed by atoms with Crippen molar-refractivity contribution in [3.8, 4) is 5.75 Å². The molecule has 0 aliphatic heterocycles. The Labute approximate surface area is 119 Å². The van der Waals surface area contributed by atoms with Crippen LogP contribution in [0.25, 0.3) is 0 Å². The van der Waals surface area contributed by atoms with Crippen molar-refractivity contribution in [3.63, 3.8) is 0 Å². The van der Waals surface area contributed by atoms with Gasteiger partial charge in [0.15, 0.2) is 0 Å². The summed E-state index contributed by atoms with van der Waals surface area (Å²) in [5.41, 5.74) is 1.09. The summed E-state index contributed by atoms with van der Waals surface area (Å²) >= 11 is 12.3. The summed E-state index contributed by atoms with van der Waals surface area (Å²) in [5.74, 6) is 1.47. The fraction of sp³-hybridized carbons (Fsp3) is 0.571. The summed E-state index contributed by atoms with van der Waals surface area (Å²) in [7, 11) is 1.68. The van der Waals surface area contributed by atoms with Crippen LogP contribution in [0.3, 0.4) is 0 Å². The number of hydrogen-bond acceptors (Lipinski definition) is 2. The Morgan fingerprint density at radius 2 is 2.22 bits per heavy atom. The first-order valence-electron chi connectivity index (χ1n) is 6.38. The fourth-order valence-corrected chi connectivity index (χ4v) is 3.06. The van der Waals surface area contributed by atoms with E-state index in [4.69, 9.17) is 27.9 Å². The van der Waals surface area contributed by atoms with Crippen molar-refractivity contribution in [2.45, 2.75) is 31.2 Å². The molecular formula is C14H19Cl2NO. The molecule has 2 atom stereocenters. The predicted octanol–water partition coefficient (Wildman–Crippen LogP) is 3.85. The van der Waals surface area contributed by atoms with E-state index in [0.717, 1.165) is 35.8 Å². The van der Waals surface area contributed by atoms with Crippen LogP contribution in [-0.4, -0.2) is 19.0 Å². The molecule has 0 saturated heterocycles. The van der Waals surface area contributed by atoms with Gasteiger partial charge in [0, 0.05) is 22.5 Å². The molecule has 4 heteroatoms. The summed E-state index contributed by atoms with van der Waals surface area (Å²) < 4.78 is 5.32. The lowest BCUT2D eigenvalue weighted by atomic mass is 10.1. The molecule has 0 bridgehead atoms. The second kappa shape index (κ2) is 6.65. The van der Waals surface area contributed by atoms with Gasteiger partial charge < -0.3 is 10.1 Å². The largest absolute Gasteiger partial charge is 0.496 e. The van der Waals surface area contributed by atoms with Crippen LogP contribution in [0.2, 0.25) is 5.02 Å². The van der Waals surface area contributed by atoms with E-state index in [0.29, 0.717) is 11.3 Å². The molecule has 1 N–H and O–H groups in total. The molecule has 1 aromatic carbocycles. The van der Waals surface area contributed by atoms with Crippen molar-refractivity contribution in [3.05, 3.63) is 28.8 Å². The van der Waals surface area contributed by atoms with Crippen LogP contribution >= 0.6 is 23.2 Å². The van der Waals surface area contributed by atoms with Gasteiger partial charge in [-0.3, -0.25) is 0 Å². The number of methoxy groups -OCH3 is 1. The molecule has 0 heterocycles. The highest BCUT2D eigenvalue weighted by atomic mass is 35.5. The molecule has 1 fully saturated rings. The number of nitrogens with one attached hydrogen (secondary N) is 1. The Balaban J connectivity index is 1.87. The van der Waals surface area contributed by atoms with Crippen molar-refractivity contribution in [1.82, 2.24) is 5.32 Å². The zero-order valence-electron chi connectivity index (χ0n) is 10.6. The lowest BCUT2D eigenvalue weighted by molar-refractivity contribution is 0.405. The van der Waals surface area contributed by atoms with E-state index >= 15 is 0 Å². The number of benzene rings is 1. The first-order valence-corrected chi connectivity index (χ1v) is 7.19. The van der Waals surface area contributed by atoms with Gasteiger partial charge >= 0.3 is 0 Å². The van der Waals surface area contributed by atoms with E-state index in [1.54, 1.807) is 7.11 Å². The average molecular weight is 288 g/mol. The minimum Gasteiger partial charge on any atom is -0.496 e. The van der Waals surface area contributed by atoms with Gasteiger partial charge in [0.05, 0.1) is 7.11 Å². The van der Waals surface area contributed by atoms with E-state index in [-0.39, 0.29) is 0 Å². The third kappa shape index (κ3) is 3.53. The normalized spacial score (nSPS) is 23.3. The van der Waals surface area contributed by atoms with Crippen molar-refractivity contribution in [1.29, 1.82) is 0 Å². The number of ether oxygens (including phenoxy) is 1. The SMILES string of the molecule is COc1ccc(Cl)cc1CNCC1CCCC1Cl. The van der Waals surface area contributed by atoms with E-state index in [9.17, 15) is 0 Å². The minimum absolute atomic E-state index is 0.332. The Morgan fingerprint density at radius 1 is 1.39 bits per heavy atom. The van der Waals surface area contributed by atoms with Crippen molar-refractivity contribution in [2.75, 3.05) is 13.7 Å². The third-order valence-electron chi connectivity index (χ3n) is 3.53. The van der Waals surface area contributed by atoms with Gasteiger partial charge in [-0.25, -0.2) is 0 Å². The first kappa shape index (κ1) is 14.0. The fourth-order valence-electron chi connectivity index (χ4n) is 2.50. The maximum absolute atomic E-state index is 6.26. The molecule has 0 spiro atoms.